The molecule has 3 aromatic heterocycles. The molecule has 8 heteroatoms. The standard InChI is InChI=1S/C23H27N5O3/c24-22(29)16-13-19-20(25-15-16)14-21(28-9-11-30-12-10-28)26-23(19)31-18-5-3-17(4-6-18)27-7-1-2-8-27/h1-2,7-8,13-15,17-18H,3-6,9-12H2,(H2,24,29). The minimum absolute atomic E-state index is 0.0830. The van der Waals surface area contributed by atoms with Crippen molar-refractivity contribution < 1.29 is 14.3 Å². The van der Waals surface area contributed by atoms with Crippen LogP contribution in [0, 0.1) is 0 Å². The summed E-state index contributed by atoms with van der Waals surface area (Å²) in [5.41, 5.74) is 6.59. The molecule has 31 heavy (non-hydrogen) atoms. The average Bonchev–Trinajstić information content (AvgIpc) is 3.35. The number of rotatable bonds is 5. The van der Waals surface area contributed by atoms with Crippen molar-refractivity contribution >= 4 is 22.6 Å². The molecule has 0 unspecified atom stereocenters. The van der Waals surface area contributed by atoms with Gasteiger partial charge in [-0.05, 0) is 43.9 Å². The summed E-state index contributed by atoms with van der Waals surface area (Å²) in [7, 11) is 0. The SMILES string of the molecule is NC(=O)c1cnc2cc(N3CCOCC3)nc(OC3CCC(n4cccc4)CC3)c2c1. The van der Waals surface area contributed by atoms with Crippen LogP contribution in [0.1, 0.15) is 42.1 Å². The highest BCUT2D eigenvalue weighted by atomic mass is 16.5. The van der Waals surface area contributed by atoms with Crippen LogP contribution in [0.5, 0.6) is 5.88 Å². The molecule has 8 nitrogen and oxygen atoms in total. The molecule has 1 saturated carbocycles. The van der Waals surface area contributed by atoms with E-state index in [0.29, 0.717) is 30.7 Å². The maximum absolute atomic E-state index is 11.7. The van der Waals surface area contributed by atoms with Gasteiger partial charge in [0.1, 0.15) is 11.9 Å². The second-order valence-corrected chi connectivity index (χ2v) is 8.22. The number of carbonyl (C=O) groups is 1. The zero-order valence-electron chi connectivity index (χ0n) is 17.4. The molecule has 1 aliphatic carbocycles. The molecule has 2 N–H and O–H groups in total. The Balaban J connectivity index is 1.42. The van der Waals surface area contributed by atoms with Crippen LogP contribution < -0.4 is 15.4 Å². The number of nitrogens with two attached hydrogens (primary N) is 1. The second kappa shape index (κ2) is 8.55. The molecule has 1 saturated heterocycles. The van der Waals surface area contributed by atoms with Crippen LogP contribution in [0.4, 0.5) is 5.82 Å². The number of ether oxygens (including phenoxy) is 2. The number of nitrogens with zero attached hydrogens (tertiary/aromatic N) is 4. The van der Waals surface area contributed by atoms with Crippen molar-refractivity contribution in [3.05, 3.63) is 48.4 Å². The molecule has 5 rings (SSSR count). The first-order valence-electron chi connectivity index (χ1n) is 10.9. The van der Waals surface area contributed by atoms with Crippen LogP contribution in [0.2, 0.25) is 0 Å². The third kappa shape index (κ3) is 4.20. The van der Waals surface area contributed by atoms with Crippen molar-refractivity contribution in [1.82, 2.24) is 14.5 Å². The Bertz CT molecular complexity index is 1050. The van der Waals surface area contributed by atoms with Crippen LogP contribution in [0.3, 0.4) is 0 Å². The molecule has 0 atom stereocenters. The zero-order chi connectivity index (χ0) is 21.2. The van der Waals surface area contributed by atoms with Gasteiger partial charge in [-0.3, -0.25) is 9.78 Å². The van der Waals surface area contributed by atoms with Gasteiger partial charge in [-0.1, -0.05) is 0 Å². The third-order valence-corrected chi connectivity index (χ3v) is 6.22. The topological polar surface area (TPSA) is 95.5 Å². The molecular weight excluding hydrogens is 394 g/mol. The Kier molecular flexibility index (Phi) is 5.46. The fourth-order valence-electron chi connectivity index (χ4n) is 4.47. The van der Waals surface area contributed by atoms with Crippen molar-refractivity contribution in [1.29, 1.82) is 0 Å². The van der Waals surface area contributed by atoms with Gasteiger partial charge < -0.3 is 24.7 Å². The summed E-state index contributed by atoms with van der Waals surface area (Å²) >= 11 is 0. The first-order valence-corrected chi connectivity index (χ1v) is 10.9. The van der Waals surface area contributed by atoms with Gasteiger partial charge in [0.05, 0.1) is 29.7 Å². The fraction of sp³-hybridized carbons (Fsp3) is 0.435. The molecule has 0 bridgehead atoms. The van der Waals surface area contributed by atoms with Gasteiger partial charge in [0.15, 0.2) is 0 Å². The molecular formula is C23H27N5O3. The number of hydrogen-bond acceptors (Lipinski definition) is 6. The monoisotopic (exact) mass is 421 g/mol. The Morgan fingerprint density at radius 2 is 1.84 bits per heavy atom. The smallest absolute Gasteiger partial charge is 0.250 e. The second-order valence-electron chi connectivity index (χ2n) is 8.22. The molecule has 1 amide bonds. The summed E-state index contributed by atoms with van der Waals surface area (Å²) in [5, 5.41) is 0.723. The normalized spacial score (nSPS) is 21.9. The molecule has 2 aliphatic rings. The maximum Gasteiger partial charge on any atom is 0.250 e. The Hall–Kier alpha value is -3.13. The van der Waals surface area contributed by atoms with Gasteiger partial charge in [-0.2, -0.15) is 4.98 Å². The summed E-state index contributed by atoms with van der Waals surface area (Å²) in [6.45, 7) is 2.90. The minimum Gasteiger partial charge on any atom is -0.474 e. The molecule has 0 spiro atoms. The molecule has 0 radical (unpaired) electrons. The van der Waals surface area contributed by atoms with Gasteiger partial charge in [0.2, 0.25) is 11.8 Å². The third-order valence-electron chi connectivity index (χ3n) is 6.22. The Morgan fingerprint density at radius 1 is 1.10 bits per heavy atom. The summed E-state index contributed by atoms with van der Waals surface area (Å²) in [5.74, 6) is 0.843. The van der Waals surface area contributed by atoms with E-state index in [1.807, 2.05) is 6.07 Å². The lowest BCUT2D eigenvalue weighted by Crippen LogP contribution is -2.36. The molecule has 0 aromatic carbocycles. The fourth-order valence-corrected chi connectivity index (χ4v) is 4.47. The van der Waals surface area contributed by atoms with Crippen molar-refractivity contribution in [2.24, 2.45) is 5.73 Å². The van der Waals surface area contributed by atoms with E-state index in [4.69, 9.17) is 20.2 Å². The lowest BCUT2D eigenvalue weighted by atomic mass is 9.93. The molecule has 2 fully saturated rings. The number of carbonyl (C=O) groups excluding carboxylic acids is 1. The molecule has 1 aliphatic heterocycles. The Morgan fingerprint density at radius 3 is 2.55 bits per heavy atom. The van der Waals surface area contributed by atoms with Gasteiger partial charge in [-0.15, -0.1) is 0 Å². The van der Waals surface area contributed by atoms with Crippen molar-refractivity contribution in [3.8, 4) is 5.88 Å². The minimum atomic E-state index is -0.509. The predicted molar refractivity (Wildman–Crippen MR) is 117 cm³/mol. The quantitative estimate of drug-likeness (QED) is 0.681. The van der Waals surface area contributed by atoms with Crippen LogP contribution >= 0.6 is 0 Å². The maximum atomic E-state index is 11.7. The first-order chi connectivity index (χ1) is 15.2. The largest absolute Gasteiger partial charge is 0.474 e. The summed E-state index contributed by atoms with van der Waals surface area (Å²) < 4.78 is 14.2. The van der Waals surface area contributed by atoms with E-state index in [1.54, 1.807) is 6.07 Å². The van der Waals surface area contributed by atoms with Crippen LogP contribution in [-0.2, 0) is 4.74 Å². The summed E-state index contributed by atoms with van der Waals surface area (Å²) in [4.78, 5) is 23.2. The molecule has 3 aromatic rings. The number of anilines is 1. The van der Waals surface area contributed by atoms with E-state index in [-0.39, 0.29) is 6.10 Å². The molecule has 162 valence electrons. The van der Waals surface area contributed by atoms with Crippen molar-refractivity contribution in [3.63, 3.8) is 0 Å². The van der Waals surface area contributed by atoms with Crippen molar-refractivity contribution in [2.45, 2.75) is 37.8 Å². The highest BCUT2D eigenvalue weighted by molar-refractivity contribution is 5.97. The van der Waals surface area contributed by atoms with Crippen LogP contribution in [0.25, 0.3) is 10.9 Å². The number of pyridine rings is 2. The highest BCUT2D eigenvalue weighted by Crippen LogP contribution is 2.34. The van der Waals surface area contributed by atoms with Crippen molar-refractivity contribution in [2.75, 3.05) is 31.2 Å². The van der Waals surface area contributed by atoms with E-state index >= 15 is 0 Å². The van der Waals surface area contributed by atoms with Gasteiger partial charge in [0.25, 0.3) is 0 Å². The van der Waals surface area contributed by atoms with Gasteiger partial charge in [-0.25, -0.2) is 0 Å². The van der Waals surface area contributed by atoms with Crippen LogP contribution in [-0.4, -0.2) is 52.8 Å². The zero-order valence-corrected chi connectivity index (χ0v) is 17.4. The van der Waals surface area contributed by atoms with E-state index in [9.17, 15) is 4.79 Å². The van der Waals surface area contributed by atoms with E-state index in [1.165, 1.54) is 6.20 Å². The van der Waals surface area contributed by atoms with E-state index in [2.05, 4.69) is 39.0 Å². The van der Waals surface area contributed by atoms with E-state index < -0.39 is 5.91 Å². The number of amides is 1. The molecule has 4 heterocycles. The number of hydrogen-bond donors (Lipinski definition) is 1. The number of aromatic nitrogens is 3. The number of morpholine rings is 1. The lowest BCUT2D eigenvalue weighted by Gasteiger charge is -2.31. The van der Waals surface area contributed by atoms with Gasteiger partial charge >= 0.3 is 0 Å². The summed E-state index contributed by atoms with van der Waals surface area (Å²) in [6, 6.07) is 8.34. The Labute approximate surface area is 181 Å². The van der Waals surface area contributed by atoms with Crippen LogP contribution in [0.15, 0.2) is 42.9 Å². The number of primary amides is 1. The highest BCUT2D eigenvalue weighted by Gasteiger charge is 2.25. The first kappa shape index (κ1) is 19.8. The predicted octanol–water partition coefficient (Wildman–Crippen LogP) is 2.93. The summed E-state index contributed by atoms with van der Waals surface area (Å²) in [6.07, 6.45) is 9.89. The average molecular weight is 422 g/mol. The van der Waals surface area contributed by atoms with E-state index in [0.717, 1.165) is 55.5 Å². The number of fused-ring (bicyclic) bond motifs is 1. The van der Waals surface area contributed by atoms with Gasteiger partial charge in [0, 0.05) is 43.8 Å². The lowest BCUT2D eigenvalue weighted by molar-refractivity contribution is 0.1000.